The highest BCUT2D eigenvalue weighted by molar-refractivity contribution is 5.88. The first-order valence-corrected chi connectivity index (χ1v) is 6.43. The van der Waals surface area contributed by atoms with E-state index in [9.17, 15) is 10.1 Å². The van der Waals surface area contributed by atoms with Crippen LogP contribution in [0.25, 0.3) is 0 Å². The predicted molar refractivity (Wildman–Crippen MR) is 74.3 cm³/mol. The maximum Gasteiger partial charge on any atom is 0.276 e. The molecule has 7 heteroatoms. The van der Waals surface area contributed by atoms with E-state index in [1.807, 2.05) is 0 Å². The quantitative estimate of drug-likeness (QED) is 0.599. The van der Waals surface area contributed by atoms with E-state index in [0.29, 0.717) is 30.1 Å². The molecule has 0 amide bonds. The topological polar surface area (TPSA) is 97.0 Å². The fourth-order valence-electron chi connectivity index (χ4n) is 2.08. The van der Waals surface area contributed by atoms with E-state index >= 15 is 0 Å². The average molecular weight is 279 g/mol. The molecule has 1 atom stereocenters. The normalized spacial score (nSPS) is 15.4. The molecule has 1 heterocycles. The van der Waals surface area contributed by atoms with Crippen LogP contribution in [0.2, 0.25) is 0 Å². The van der Waals surface area contributed by atoms with Gasteiger partial charge in [0.2, 0.25) is 0 Å². The third kappa shape index (κ3) is 3.05. The van der Waals surface area contributed by atoms with Crippen LogP contribution in [0.15, 0.2) is 23.2 Å². The Hall–Kier alpha value is -2.15. The molecule has 108 valence electrons. The second-order valence-electron chi connectivity index (χ2n) is 4.47. The summed E-state index contributed by atoms with van der Waals surface area (Å²) in [6, 6.07) is 4.71. The second kappa shape index (κ2) is 6.33. The van der Waals surface area contributed by atoms with Crippen molar-refractivity contribution in [1.82, 2.24) is 5.32 Å². The lowest BCUT2D eigenvalue weighted by molar-refractivity contribution is -0.385. The minimum absolute atomic E-state index is 0.0200. The molecule has 0 radical (unpaired) electrons. The Balaban J connectivity index is 2.22. The minimum Gasteiger partial charge on any atom is -0.482 e. The molecule has 2 N–H and O–H groups in total. The monoisotopic (exact) mass is 279 g/mol. The smallest absolute Gasteiger partial charge is 0.276 e. The third-order valence-electron chi connectivity index (χ3n) is 3.12. The number of nitrogens with zero attached hydrogens (tertiary/aromatic N) is 2. The van der Waals surface area contributed by atoms with Gasteiger partial charge in [0.1, 0.15) is 11.6 Å². The van der Waals surface area contributed by atoms with Crippen LogP contribution in [0, 0.1) is 17.0 Å². The Bertz CT molecular complexity index is 530. The molecule has 2 rings (SSSR count). The second-order valence-corrected chi connectivity index (χ2v) is 4.47. The molecule has 0 saturated heterocycles. The zero-order valence-corrected chi connectivity index (χ0v) is 11.2. The van der Waals surface area contributed by atoms with Crippen molar-refractivity contribution in [3.05, 3.63) is 33.9 Å². The zero-order valence-electron chi connectivity index (χ0n) is 11.2. The van der Waals surface area contributed by atoms with Gasteiger partial charge >= 0.3 is 0 Å². The Morgan fingerprint density at radius 3 is 3.00 bits per heavy atom. The minimum atomic E-state index is -0.436. The number of nitro groups is 1. The number of ether oxygens (including phenoxy) is 1. The first-order chi connectivity index (χ1) is 9.63. The van der Waals surface area contributed by atoms with Crippen molar-refractivity contribution in [2.75, 3.05) is 19.7 Å². The van der Waals surface area contributed by atoms with E-state index in [4.69, 9.17) is 9.84 Å². The van der Waals surface area contributed by atoms with Gasteiger partial charge in [-0.3, -0.25) is 15.1 Å². The summed E-state index contributed by atoms with van der Waals surface area (Å²) in [5, 5.41) is 23.1. The fraction of sp³-hybridized carbons (Fsp3) is 0.462. The Kier molecular flexibility index (Phi) is 4.52. The lowest BCUT2D eigenvalue weighted by Gasteiger charge is -2.19. The highest BCUT2D eigenvalue weighted by Crippen LogP contribution is 2.28. The lowest BCUT2D eigenvalue weighted by Crippen LogP contribution is -2.36. The van der Waals surface area contributed by atoms with Gasteiger partial charge in [0.15, 0.2) is 6.10 Å². The number of aliphatic hydroxyl groups excluding tert-OH is 1. The summed E-state index contributed by atoms with van der Waals surface area (Å²) in [5.74, 6) is 1.12. The summed E-state index contributed by atoms with van der Waals surface area (Å²) >= 11 is 0. The number of hydrogen-bond acceptors (Lipinski definition) is 6. The Labute approximate surface area is 116 Å². The van der Waals surface area contributed by atoms with Crippen LogP contribution in [0.1, 0.15) is 12.0 Å². The van der Waals surface area contributed by atoms with Crippen molar-refractivity contribution in [3.63, 3.8) is 0 Å². The maximum atomic E-state index is 10.9. The molecule has 1 aliphatic rings. The highest BCUT2D eigenvalue weighted by atomic mass is 16.6. The van der Waals surface area contributed by atoms with E-state index < -0.39 is 11.0 Å². The van der Waals surface area contributed by atoms with Gasteiger partial charge < -0.3 is 15.2 Å². The van der Waals surface area contributed by atoms with Gasteiger partial charge in [0.25, 0.3) is 5.69 Å². The van der Waals surface area contributed by atoms with Crippen molar-refractivity contribution >= 4 is 11.5 Å². The molecule has 1 unspecified atom stereocenters. The van der Waals surface area contributed by atoms with E-state index in [2.05, 4.69) is 10.3 Å². The molecule has 0 saturated carbocycles. The van der Waals surface area contributed by atoms with Crippen LogP contribution >= 0.6 is 0 Å². The first-order valence-electron chi connectivity index (χ1n) is 6.43. The van der Waals surface area contributed by atoms with Gasteiger partial charge in [0, 0.05) is 25.6 Å². The zero-order chi connectivity index (χ0) is 14.5. The molecule has 0 bridgehead atoms. The number of nitro benzene ring substituents is 1. The molecule has 0 fully saturated rings. The number of nitrogens with one attached hydrogen (secondary N) is 1. The first kappa shape index (κ1) is 14.3. The largest absolute Gasteiger partial charge is 0.482 e. The van der Waals surface area contributed by atoms with Gasteiger partial charge in [-0.1, -0.05) is 6.07 Å². The molecule has 20 heavy (non-hydrogen) atoms. The lowest BCUT2D eigenvalue weighted by atomic mass is 10.1. The van der Waals surface area contributed by atoms with Crippen LogP contribution in [-0.4, -0.2) is 41.7 Å². The molecule has 0 spiro atoms. The number of benzene rings is 1. The van der Waals surface area contributed by atoms with E-state index in [0.717, 1.165) is 6.54 Å². The molecule has 1 aromatic rings. The predicted octanol–water partition coefficient (Wildman–Crippen LogP) is 1.03. The van der Waals surface area contributed by atoms with Gasteiger partial charge in [-0.25, -0.2) is 0 Å². The van der Waals surface area contributed by atoms with Crippen molar-refractivity contribution < 1.29 is 14.8 Å². The molecular formula is C13H17N3O4. The number of aliphatic imine (C=N–C) groups is 1. The molecule has 7 nitrogen and oxygen atoms in total. The molecular weight excluding hydrogens is 262 g/mol. The summed E-state index contributed by atoms with van der Waals surface area (Å²) in [6.45, 7) is 3.02. The highest BCUT2D eigenvalue weighted by Gasteiger charge is 2.22. The number of hydrogen-bond donors (Lipinski definition) is 2. The van der Waals surface area contributed by atoms with Crippen molar-refractivity contribution in [2.45, 2.75) is 19.4 Å². The van der Waals surface area contributed by atoms with Gasteiger partial charge in [-0.15, -0.1) is 0 Å². The summed E-state index contributed by atoms with van der Waals surface area (Å²) in [6.07, 6.45) is -0.0308. The molecule has 0 aromatic heterocycles. The van der Waals surface area contributed by atoms with Gasteiger partial charge in [-0.05, 0) is 13.0 Å². The van der Waals surface area contributed by atoms with E-state index in [1.165, 1.54) is 6.07 Å². The van der Waals surface area contributed by atoms with Crippen molar-refractivity contribution in [2.24, 2.45) is 4.99 Å². The molecule has 1 aromatic carbocycles. The standard InChI is InChI=1S/C13H17N3O4/c1-9-10(16(18)19)3-2-4-11(9)20-12(5-8-17)13-14-6-7-15-13/h2-4,12,17H,5-8H2,1H3,(H,14,15). The van der Waals surface area contributed by atoms with Crippen LogP contribution < -0.4 is 10.1 Å². The third-order valence-corrected chi connectivity index (χ3v) is 3.12. The number of amidine groups is 1. The Morgan fingerprint density at radius 1 is 1.60 bits per heavy atom. The van der Waals surface area contributed by atoms with Crippen molar-refractivity contribution in [3.8, 4) is 5.75 Å². The van der Waals surface area contributed by atoms with Crippen molar-refractivity contribution in [1.29, 1.82) is 0 Å². The van der Waals surface area contributed by atoms with Crippen LogP contribution in [0.3, 0.4) is 0 Å². The maximum absolute atomic E-state index is 10.9. The van der Waals surface area contributed by atoms with Crippen LogP contribution in [-0.2, 0) is 0 Å². The summed E-state index contributed by atoms with van der Waals surface area (Å²) in [5.41, 5.74) is 0.491. The Morgan fingerprint density at radius 2 is 2.40 bits per heavy atom. The summed E-state index contributed by atoms with van der Waals surface area (Å²) in [4.78, 5) is 14.8. The number of rotatable bonds is 6. The van der Waals surface area contributed by atoms with Gasteiger partial charge in [0.05, 0.1) is 17.0 Å². The molecule has 0 aliphatic carbocycles. The average Bonchev–Trinajstić information content (AvgIpc) is 2.94. The summed E-state index contributed by atoms with van der Waals surface area (Å²) in [7, 11) is 0. The summed E-state index contributed by atoms with van der Waals surface area (Å²) < 4.78 is 5.80. The van der Waals surface area contributed by atoms with E-state index in [1.54, 1.807) is 19.1 Å². The SMILES string of the molecule is Cc1c(OC(CCO)C2=NCCN2)cccc1[N+](=O)[O-]. The van der Waals surface area contributed by atoms with E-state index in [-0.39, 0.29) is 12.3 Å². The van der Waals surface area contributed by atoms with Crippen LogP contribution in [0.4, 0.5) is 5.69 Å². The molecule has 1 aliphatic heterocycles. The number of aliphatic hydroxyl groups is 1. The van der Waals surface area contributed by atoms with Crippen LogP contribution in [0.5, 0.6) is 5.75 Å². The fourth-order valence-corrected chi connectivity index (χ4v) is 2.08. The van der Waals surface area contributed by atoms with Gasteiger partial charge in [-0.2, -0.15) is 0 Å².